The zero-order valence-electron chi connectivity index (χ0n) is 15.0. The highest BCUT2D eigenvalue weighted by molar-refractivity contribution is 5.65. The van der Waals surface area contributed by atoms with Gasteiger partial charge in [0.15, 0.2) is 0 Å². The van der Waals surface area contributed by atoms with E-state index in [0.29, 0.717) is 0 Å². The van der Waals surface area contributed by atoms with Crippen molar-refractivity contribution in [3.63, 3.8) is 0 Å². The van der Waals surface area contributed by atoms with Crippen LogP contribution in [-0.2, 0) is 6.42 Å². The van der Waals surface area contributed by atoms with Gasteiger partial charge in [0.05, 0.1) is 11.0 Å². The van der Waals surface area contributed by atoms with Crippen LogP contribution in [0.3, 0.4) is 0 Å². The number of rotatable bonds is 4. The monoisotopic (exact) mass is 336 g/mol. The van der Waals surface area contributed by atoms with Crippen LogP contribution < -0.4 is 4.90 Å². The molecule has 1 aliphatic heterocycles. The molecule has 0 N–H and O–H groups in total. The Morgan fingerprint density at radius 1 is 1.20 bits per heavy atom. The van der Waals surface area contributed by atoms with Crippen LogP contribution in [0.15, 0.2) is 48.0 Å². The first-order valence-corrected chi connectivity index (χ1v) is 8.74. The quantitative estimate of drug-likeness (QED) is 0.544. The summed E-state index contributed by atoms with van der Waals surface area (Å²) in [6.45, 7) is 7.39. The van der Waals surface area contributed by atoms with Crippen molar-refractivity contribution in [2.45, 2.75) is 39.7 Å². The van der Waals surface area contributed by atoms with Gasteiger partial charge in [-0.3, -0.25) is 10.1 Å². The molecular formula is C21H24N2O2. The molecule has 0 radical (unpaired) electrons. The Labute approximate surface area is 148 Å². The zero-order chi connectivity index (χ0) is 18.0. The van der Waals surface area contributed by atoms with Crippen molar-refractivity contribution in [1.82, 2.24) is 0 Å². The Kier molecular flexibility index (Phi) is 4.88. The van der Waals surface area contributed by atoms with Crippen LogP contribution in [0.1, 0.15) is 49.9 Å². The molecule has 0 aliphatic carbocycles. The summed E-state index contributed by atoms with van der Waals surface area (Å²) in [4.78, 5) is 12.9. The molecule has 2 aromatic carbocycles. The molecule has 4 heteroatoms. The minimum atomic E-state index is -0.351. The predicted octanol–water partition coefficient (Wildman–Crippen LogP) is 5.53. The van der Waals surface area contributed by atoms with Crippen molar-refractivity contribution < 1.29 is 4.92 Å². The number of fused-ring (bicyclic) bond motifs is 1. The second-order valence-corrected chi connectivity index (χ2v) is 6.93. The topological polar surface area (TPSA) is 46.4 Å². The molecule has 0 saturated carbocycles. The first kappa shape index (κ1) is 17.2. The van der Waals surface area contributed by atoms with Gasteiger partial charge < -0.3 is 4.90 Å². The van der Waals surface area contributed by atoms with Gasteiger partial charge in [0.1, 0.15) is 0 Å². The van der Waals surface area contributed by atoms with E-state index in [9.17, 15) is 10.1 Å². The summed E-state index contributed by atoms with van der Waals surface area (Å²) in [6, 6.07) is 13.8. The molecule has 1 atom stereocenters. The number of anilines is 1. The Morgan fingerprint density at radius 3 is 2.56 bits per heavy atom. The van der Waals surface area contributed by atoms with Gasteiger partial charge in [-0.2, -0.15) is 0 Å². The van der Waals surface area contributed by atoms with E-state index >= 15 is 0 Å². The Hall–Kier alpha value is -2.62. The largest absolute Gasteiger partial charge is 0.365 e. The Morgan fingerprint density at radius 2 is 1.92 bits per heavy atom. The number of nitro benzene ring substituents is 1. The van der Waals surface area contributed by atoms with Gasteiger partial charge in [-0.05, 0) is 56.4 Å². The molecule has 1 unspecified atom stereocenters. The fourth-order valence-corrected chi connectivity index (χ4v) is 3.50. The van der Waals surface area contributed by atoms with Crippen molar-refractivity contribution in [3.8, 4) is 0 Å². The third kappa shape index (κ3) is 3.73. The van der Waals surface area contributed by atoms with Crippen LogP contribution >= 0.6 is 0 Å². The summed E-state index contributed by atoms with van der Waals surface area (Å²) in [5, 5.41) is 10.9. The van der Waals surface area contributed by atoms with Crippen molar-refractivity contribution in [1.29, 1.82) is 0 Å². The third-order valence-electron chi connectivity index (χ3n) is 4.77. The normalized spacial score (nSPS) is 14.6. The molecule has 1 aliphatic rings. The summed E-state index contributed by atoms with van der Waals surface area (Å²) in [5.41, 5.74) is 6.41. The number of non-ortho nitro benzene ring substituents is 1. The first-order valence-electron chi connectivity index (χ1n) is 8.74. The van der Waals surface area contributed by atoms with Crippen LogP contribution in [0.5, 0.6) is 0 Å². The molecule has 130 valence electrons. The van der Waals surface area contributed by atoms with Gasteiger partial charge in [0.25, 0.3) is 5.69 Å². The molecular weight excluding hydrogens is 312 g/mol. The van der Waals surface area contributed by atoms with Crippen LogP contribution in [0.25, 0.3) is 6.08 Å². The highest BCUT2D eigenvalue weighted by Crippen LogP contribution is 2.35. The molecule has 4 nitrogen and oxygen atoms in total. The molecule has 0 saturated heterocycles. The van der Waals surface area contributed by atoms with Crippen LogP contribution in [0, 0.1) is 10.1 Å². The number of allylic oxidation sites excluding steroid dienone is 1. The fraction of sp³-hybridized carbons (Fsp3) is 0.333. The number of benzene rings is 2. The molecule has 2 aromatic rings. The number of aryl methyl sites for hydroxylation is 1. The van der Waals surface area contributed by atoms with Gasteiger partial charge in [0, 0.05) is 24.4 Å². The van der Waals surface area contributed by atoms with Crippen molar-refractivity contribution >= 4 is 17.5 Å². The number of hydrogen-bond donors (Lipinski definition) is 0. The minimum absolute atomic E-state index is 0.140. The van der Waals surface area contributed by atoms with Gasteiger partial charge in [0.2, 0.25) is 0 Å². The van der Waals surface area contributed by atoms with Crippen LogP contribution in [0.4, 0.5) is 11.4 Å². The standard InChI is InChI=1S/C21H24N2O2/c1-15(2)13-17-6-7-19-5-4-12-22(21(19)14-17)16(3)18-8-10-20(11-9-18)23(24)25/h6-11,13-14,16H,4-5,12H2,1-3H3. The third-order valence-corrected chi connectivity index (χ3v) is 4.77. The van der Waals surface area contributed by atoms with Gasteiger partial charge in [-0.25, -0.2) is 0 Å². The van der Waals surface area contributed by atoms with E-state index in [2.05, 4.69) is 49.9 Å². The molecule has 0 spiro atoms. The van der Waals surface area contributed by atoms with Gasteiger partial charge >= 0.3 is 0 Å². The maximum absolute atomic E-state index is 10.9. The first-order chi connectivity index (χ1) is 12.0. The highest BCUT2D eigenvalue weighted by Gasteiger charge is 2.23. The molecule has 25 heavy (non-hydrogen) atoms. The molecule has 1 heterocycles. The lowest BCUT2D eigenvalue weighted by molar-refractivity contribution is -0.384. The van der Waals surface area contributed by atoms with Gasteiger partial charge in [-0.1, -0.05) is 35.9 Å². The molecule has 3 rings (SSSR count). The summed E-state index contributed by atoms with van der Waals surface area (Å²) >= 11 is 0. The van der Waals surface area contributed by atoms with Crippen molar-refractivity contribution in [2.75, 3.05) is 11.4 Å². The summed E-state index contributed by atoms with van der Waals surface area (Å²) in [5.74, 6) is 0. The van der Waals surface area contributed by atoms with E-state index in [1.165, 1.54) is 22.4 Å². The summed E-state index contributed by atoms with van der Waals surface area (Å²) < 4.78 is 0. The van der Waals surface area contributed by atoms with Crippen LogP contribution in [0.2, 0.25) is 0 Å². The van der Waals surface area contributed by atoms with E-state index in [4.69, 9.17) is 0 Å². The minimum Gasteiger partial charge on any atom is -0.365 e. The van der Waals surface area contributed by atoms with Crippen molar-refractivity contribution in [3.05, 3.63) is 74.8 Å². The lowest BCUT2D eigenvalue weighted by atomic mass is 9.96. The number of nitrogens with zero attached hydrogens (tertiary/aromatic N) is 2. The maximum Gasteiger partial charge on any atom is 0.269 e. The molecule has 0 fully saturated rings. The maximum atomic E-state index is 10.9. The molecule has 0 amide bonds. The van der Waals surface area contributed by atoms with Gasteiger partial charge in [-0.15, -0.1) is 0 Å². The van der Waals surface area contributed by atoms with Crippen molar-refractivity contribution in [2.24, 2.45) is 0 Å². The summed E-state index contributed by atoms with van der Waals surface area (Å²) in [7, 11) is 0. The Bertz CT molecular complexity index is 805. The number of hydrogen-bond acceptors (Lipinski definition) is 3. The zero-order valence-corrected chi connectivity index (χ0v) is 15.0. The highest BCUT2D eigenvalue weighted by atomic mass is 16.6. The average molecular weight is 336 g/mol. The van der Waals surface area contributed by atoms with E-state index in [0.717, 1.165) is 24.9 Å². The number of nitro groups is 1. The van der Waals surface area contributed by atoms with E-state index in [-0.39, 0.29) is 16.7 Å². The van der Waals surface area contributed by atoms with E-state index < -0.39 is 0 Å². The van der Waals surface area contributed by atoms with Crippen LogP contribution in [-0.4, -0.2) is 11.5 Å². The predicted molar refractivity (Wildman–Crippen MR) is 103 cm³/mol. The molecule has 0 bridgehead atoms. The van der Waals surface area contributed by atoms with E-state index in [1.807, 2.05) is 12.1 Å². The molecule has 0 aromatic heterocycles. The van der Waals surface area contributed by atoms with E-state index in [1.54, 1.807) is 12.1 Å². The second kappa shape index (κ2) is 7.09. The lowest BCUT2D eigenvalue weighted by Crippen LogP contribution is -2.32. The lowest BCUT2D eigenvalue weighted by Gasteiger charge is -2.37. The summed E-state index contributed by atoms with van der Waals surface area (Å²) in [6.07, 6.45) is 4.43. The SMILES string of the molecule is CC(C)=Cc1ccc2c(c1)N(C(C)c1ccc([N+](=O)[O-])cc1)CCC2. The fourth-order valence-electron chi connectivity index (χ4n) is 3.50. The average Bonchev–Trinajstić information content (AvgIpc) is 2.60. The second-order valence-electron chi connectivity index (χ2n) is 6.93. The smallest absolute Gasteiger partial charge is 0.269 e. The Balaban J connectivity index is 1.93.